The van der Waals surface area contributed by atoms with Crippen molar-refractivity contribution in [3.8, 4) is 0 Å². The molecule has 1 aromatic rings. The molecule has 0 atom stereocenters. The van der Waals surface area contributed by atoms with Crippen molar-refractivity contribution in [1.82, 2.24) is 4.98 Å². The van der Waals surface area contributed by atoms with Crippen molar-refractivity contribution in [1.29, 1.82) is 0 Å². The van der Waals surface area contributed by atoms with Gasteiger partial charge in [0, 0.05) is 17.5 Å². The van der Waals surface area contributed by atoms with Crippen LogP contribution in [0.3, 0.4) is 0 Å². The summed E-state index contributed by atoms with van der Waals surface area (Å²) in [6.45, 7) is 1.72. The molecule has 0 aliphatic heterocycles. The molecule has 0 aliphatic rings. The molecule has 0 aliphatic carbocycles. The average Bonchev–Trinajstić information content (AvgIpc) is 2.30. The van der Waals surface area contributed by atoms with Crippen LogP contribution in [-0.4, -0.2) is 23.8 Å². The summed E-state index contributed by atoms with van der Waals surface area (Å²) in [7, 11) is 1.36. The summed E-state index contributed by atoms with van der Waals surface area (Å²) in [5.41, 5.74) is 6.96. The fourth-order valence-electron chi connectivity index (χ4n) is 1.01. The number of aromatic nitrogens is 1. The average molecular weight is 238 g/mol. The summed E-state index contributed by atoms with van der Waals surface area (Å²) in [5, 5.41) is 0.774. The number of nitrogens with zero attached hydrogens (tertiary/aromatic N) is 1. The number of hydrogen-bond donors (Lipinski definition) is 1. The molecule has 0 amide bonds. The van der Waals surface area contributed by atoms with Crippen LogP contribution < -0.4 is 5.73 Å². The number of thioether (sulfide) groups is 1. The highest BCUT2D eigenvalue weighted by molar-refractivity contribution is 7.99. The van der Waals surface area contributed by atoms with E-state index >= 15 is 0 Å². The highest BCUT2D eigenvalue weighted by atomic mass is 32.2. The Balaban J connectivity index is 2.53. The number of nitrogens with two attached hydrogens (primary N) is 1. The van der Waals surface area contributed by atoms with Gasteiger partial charge in [-0.25, -0.2) is 9.78 Å². The molecular weight excluding hydrogens is 224 g/mol. The summed E-state index contributed by atoms with van der Waals surface area (Å²) in [4.78, 5) is 15.2. The maximum Gasteiger partial charge on any atom is 0.333 e. The Labute approximate surface area is 98.9 Å². The minimum atomic E-state index is -0.311. The van der Waals surface area contributed by atoms with Crippen LogP contribution in [0.5, 0.6) is 0 Å². The molecule has 0 aromatic carbocycles. The third-order valence-electron chi connectivity index (χ3n) is 1.92. The van der Waals surface area contributed by atoms with Gasteiger partial charge in [0.25, 0.3) is 0 Å². The van der Waals surface area contributed by atoms with Crippen molar-refractivity contribution in [2.75, 3.05) is 18.6 Å². The van der Waals surface area contributed by atoms with Crippen molar-refractivity contribution >= 4 is 23.4 Å². The van der Waals surface area contributed by atoms with E-state index in [1.807, 2.05) is 0 Å². The lowest BCUT2D eigenvalue weighted by molar-refractivity contribution is -0.136. The van der Waals surface area contributed by atoms with E-state index in [-0.39, 0.29) is 5.97 Å². The second-order valence-corrected chi connectivity index (χ2v) is 4.10. The van der Waals surface area contributed by atoms with Crippen LogP contribution >= 0.6 is 11.8 Å². The van der Waals surface area contributed by atoms with Gasteiger partial charge in [0.05, 0.1) is 12.8 Å². The van der Waals surface area contributed by atoms with E-state index in [1.165, 1.54) is 18.9 Å². The molecule has 4 nitrogen and oxygen atoms in total. The third kappa shape index (κ3) is 3.58. The fraction of sp³-hybridized carbons (Fsp3) is 0.273. The molecule has 1 heterocycles. The van der Waals surface area contributed by atoms with E-state index in [1.54, 1.807) is 31.3 Å². The maximum atomic E-state index is 11.1. The Morgan fingerprint density at radius 2 is 2.44 bits per heavy atom. The largest absolute Gasteiger partial charge is 0.466 e. The summed E-state index contributed by atoms with van der Waals surface area (Å²) < 4.78 is 4.58. The van der Waals surface area contributed by atoms with Crippen LogP contribution in [0.4, 0.5) is 5.69 Å². The van der Waals surface area contributed by atoms with E-state index in [2.05, 4.69) is 9.72 Å². The predicted molar refractivity (Wildman–Crippen MR) is 65.1 cm³/mol. The van der Waals surface area contributed by atoms with Crippen LogP contribution in [0.2, 0.25) is 0 Å². The quantitative estimate of drug-likeness (QED) is 0.493. The molecule has 1 aromatic heterocycles. The molecule has 1 rings (SSSR count). The van der Waals surface area contributed by atoms with Gasteiger partial charge in [-0.1, -0.05) is 6.08 Å². The number of carbonyl (C=O) groups is 1. The topological polar surface area (TPSA) is 65.2 Å². The molecule has 0 radical (unpaired) electrons. The number of hydrogen-bond acceptors (Lipinski definition) is 5. The van der Waals surface area contributed by atoms with E-state index in [9.17, 15) is 4.79 Å². The van der Waals surface area contributed by atoms with Gasteiger partial charge in [-0.2, -0.15) is 0 Å². The van der Waals surface area contributed by atoms with Gasteiger partial charge in [0.1, 0.15) is 5.03 Å². The number of rotatable bonds is 4. The number of carbonyl (C=O) groups excluding carboxylic acids is 1. The van der Waals surface area contributed by atoms with Gasteiger partial charge >= 0.3 is 5.97 Å². The zero-order valence-corrected chi connectivity index (χ0v) is 10.1. The number of pyridine rings is 1. The standard InChI is InChI=1S/C11H14N2O2S/c1-8(11(14)15-2)5-7-16-10-9(12)4-3-6-13-10/h3-6H,7,12H2,1-2H3. The molecule has 0 fully saturated rings. The van der Waals surface area contributed by atoms with E-state index in [0.29, 0.717) is 17.0 Å². The minimum Gasteiger partial charge on any atom is -0.466 e. The summed E-state index contributed by atoms with van der Waals surface area (Å²) in [6, 6.07) is 3.58. The number of esters is 1. The molecule has 0 unspecified atom stereocenters. The first-order valence-electron chi connectivity index (χ1n) is 4.73. The van der Waals surface area contributed by atoms with Crippen LogP contribution in [0.1, 0.15) is 6.92 Å². The molecule has 0 spiro atoms. The van der Waals surface area contributed by atoms with Gasteiger partial charge in [-0.15, -0.1) is 11.8 Å². The Bertz CT molecular complexity index is 405. The number of nitrogen functional groups attached to an aromatic ring is 1. The lowest BCUT2D eigenvalue weighted by atomic mass is 10.3. The van der Waals surface area contributed by atoms with Gasteiger partial charge in [-0.05, 0) is 19.1 Å². The van der Waals surface area contributed by atoms with Gasteiger partial charge in [-0.3, -0.25) is 0 Å². The van der Waals surface area contributed by atoms with E-state index < -0.39 is 0 Å². The fourth-order valence-corrected chi connectivity index (χ4v) is 1.88. The SMILES string of the molecule is COC(=O)C(C)=CCSc1ncccc1N. The molecule has 0 bridgehead atoms. The molecular formula is C11H14N2O2S. The zero-order chi connectivity index (χ0) is 12.0. The first kappa shape index (κ1) is 12.6. The number of anilines is 1. The van der Waals surface area contributed by atoms with Gasteiger partial charge < -0.3 is 10.5 Å². The maximum absolute atomic E-state index is 11.1. The molecule has 16 heavy (non-hydrogen) atoms. The van der Waals surface area contributed by atoms with Crippen molar-refractivity contribution < 1.29 is 9.53 Å². The smallest absolute Gasteiger partial charge is 0.333 e. The zero-order valence-electron chi connectivity index (χ0n) is 9.27. The highest BCUT2D eigenvalue weighted by Gasteiger charge is 2.03. The lowest BCUT2D eigenvalue weighted by Crippen LogP contribution is -2.01. The van der Waals surface area contributed by atoms with Crippen LogP contribution in [0.15, 0.2) is 35.0 Å². The van der Waals surface area contributed by atoms with Crippen LogP contribution in [-0.2, 0) is 9.53 Å². The van der Waals surface area contributed by atoms with Gasteiger partial charge in [0.15, 0.2) is 0 Å². The predicted octanol–water partition coefficient (Wildman–Crippen LogP) is 1.88. The van der Waals surface area contributed by atoms with Crippen molar-refractivity contribution in [3.05, 3.63) is 30.0 Å². The van der Waals surface area contributed by atoms with E-state index in [0.717, 1.165) is 5.03 Å². The Hall–Kier alpha value is -1.49. The summed E-state index contributed by atoms with van der Waals surface area (Å²) in [6.07, 6.45) is 3.49. The lowest BCUT2D eigenvalue weighted by Gasteiger charge is -2.02. The summed E-state index contributed by atoms with van der Waals surface area (Å²) >= 11 is 1.48. The van der Waals surface area contributed by atoms with Crippen molar-refractivity contribution in [3.63, 3.8) is 0 Å². The Morgan fingerprint density at radius 1 is 1.69 bits per heavy atom. The normalized spacial score (nSPS) is 11.2. The Morgan fingerprint density at radius 3 is 3.06 bits per heavy atom. The third-order valence-corrected chi connectivity index (χ3v) is 2.87. The van der Waals surface area contributed by atoms with E-state index in [4.69, 9.17) is 5.73 Å². The second kappa shape index (κ2) is 6.17. The molecule has 2 N–H and O–H groups in total. The molecule has 86 valence electrons. The Kier molecular flexibility index (Phi) is 4.85. The summed E-state index contributed by atoms with van der Waals surface area (Å²) in [5.74, 6) is 0.330. The van der Waals surface area contributed by atoms with Gasteiger partial charge in [0.2, 0.25) is 0 Å². The van der Waals surface area contributed by atoms with Crippen molar-refractivity contribution in [2.24, 2.45) is 0 Å². The molecule has 0 saturated carbocycles. The minimum absolute atomic E-state index is 0.311. The number of methoxy groups -OCH3 is 1. The van der Waals surface area contributed by atoms with Crippen molar-refractivity contribution in [2.45, 2.75) is 11.9 Å². The number of ether oxygens (including phenoxy) is 1. The highest BCUT2D eigenvalue weighted by Crippen LogP contribution is 2.21. The first-order chi connectivity index (χ1) is 7.65. The van der Waals surface area contributed by atoms with Crippen LogP contribution in [0, 0.1) is 0 Å². The van der Waals surface area contributed by atoms with Crippen LogP contribution in [0.25, 0.3) is 0 Å². The molecule has 0 saturated heterocycles. The second-order valence-electron chi connectivity index (χ2n) is 3.09. The first-order valence-corrected chi connectivity index (χ1v) is 5.72. The molecule has 5 heteroatoms. The monoisotopic (exact) mass is 238 g/mol.